The molecular weight excluding hydrogens is 382 g/mol. The summed E-state index contributed by atoms with van der Waals surface area (Å²) < 4.78 is 10.7. The Hall–Kier alpha value is -3.42. The van der Waals surface area contributed by atoms with Crippen molar-refractivity contribution in [3.05, 3.63) is 30.0 Å². The van der Waals surface area contributed by atoms with E-state index in [4.69, 9.17) is 20.2 Å². The number of nitrogens with two attached hydrogens (primary N) is 1. The number of aryl methyl sites for hydroxylation is 1. The zero-order valence-electron chi connectivity index (χ0n) is 17.8. The molecule has 2 aromatic heterocycles. The number of benzene rings is 1. The van der Waals surface area contributed by atoms with Gasteiger partial charge in [0.1, 0.15) is 5.52 Å². The molecule has 8 nitrogen and oxygen atoms in total. The lowest BCUT2D eigenvalue weighted by atomic mass is 10.1. The van der Waals surface area contributed by atoms with E-state index in [-0.39, 0.29) is 11.9 Å². The predicted molar refractivity (Wildman–Crippen MR) is 118 cm³/mol. The molecule has 0 fully saturated rings. The van der Waals surface area contributed by atoms with E-state index in [1.807, 2.05) is 18.2 Å². The SMILES string of the molecule is CCCCCc1nc(NC(C)=O)nc2cc(N)c(-c3ccc(OC)c(OC)c3)nc12. The molecule has 0 aliphatic rings. The molecule has 1 amide bonds. The minimum Gasteiger partial charge on any atom is -0.493 e. The number of fused-ring (bicyclic) bond motifs is 1. The first-order chi connectivity index (χ1) is 14.5. The Kier molecular flexibility index (Phi) is 6.66. The summed E-state index contributed by atoms with van der Waals surface area (Å²) in [7, 11) is 3.18. The zero-order chi connectivity index (χ0) is 21.7. The van der Waals surface area contributed by atoms with Gasteiger partial charge in [0.15, 0.2) is 11.5 Å². The number of aromatic nitrogens is 3. The lowest BCUT2D eigenvalue weighted by Crippen LogP contribution is -2.11. The van der Waals surface area contributed by atoms with Crippen LogP contribution in [-0.2, 0) is 11.2 Å². The number of hydrogen-bond acceptors (Lipinski definition) is 7. The molecule has 0 radical (unpaired) electrons. The first-order valence-corrected chi connectivity index (χ1v) is 9.94. The third kappa shape index (κ3) is 4.59. The molecule has 0 saturated heterocycles. The van der Waals surface area contributed by atoms with Crippen LogP contribution in [0.3, 0.4) is 0 Å². The third-order valence-electron chi connectivity index (χ3n) is 4.73. The summed E-state index contributed by atoms with van der Waals surface area (Å²) >= 11 is 0. The fourth-order valence-electron chi connectivity index (χ4n) is 3.28. The maximum absolute atomic E-state index is 11.5. The van der Waals surface area contributed by atoms with Crippen LogP contribution < -0.4 is 20.5 Å². The van der Waals surface area contributed by atoms with Crippen molar-refractivity contribution >= 4 is 28.6 Å². The van der Waals surface area contributed by atoms with Gasteiger partial charge in [-0.2, -0.15) is 0 Å². The molecular formula is C22H27N5O3. The van der Waals surface area contributed by atoms with Crippen molar-refractivity contribution in [2.24, 2.45) is 0 Å². The number of ether oxygens (including phenoxy) is 2. The molecule has 0 aliphatic carbocycles. The number of anilines is 2. The first kappa shape index (κ1) is 21.3. The summed E-state index contributed by atoms with van der Waals surface area (Å²) in [4.78, 5) is 25.3. The van der Waals surface area contributed by atoms with Crippen LogP contribution in [0.1, 0.15) is 38.8 Å². The molecule has 3 rings (SSSR count). The van der Waals surface area contributed by atoms with Crippen LogP contribution in [0.4, 0.5) is 11.6 Å². The number of rotatable bonds is 8. The highest BCUT2D eigenvalue weighted by Gasteiger charge is 2.16. The second-order valence-corrected chi connectivity index (χ2v) is 7.00. The molecule has 0 aliphatic heterocycles. The average Bonchev–Trinajstić information content (AvgIpc) is 2.72. The minimum atomic E-state index is -0.225. The van der Waals surface area contributed by atoms with Gasteiger partial charge >= 0.3 is 0 Å². The van der Waals surface area contributed by atoms with Gasteiger partial charge in [0.2, 0.25) is 11.9 Å². The number of methoxy groups -OCH3 is 2. The second-order valence-electron chi connectivity index (χ2n) is 7.00. The highest BCUT2D eigenvalue weighted by atomic mass is 16.5. The number of pyridine rings is 1. The van der Waals surface area contributed by atoms with Crippen molar-refractivity contribution < 1.29 is 14.3 Å². The topological polar surface area (TPSA) is 112 Å². The van der Waals surface area contributed by atoms with Gasteiger partial charge in [-0.05, 0) is 37.1 Å². The van der Waals surface area contributed by atoms with Crippen LogP contribution in [0.25, 0.3) is 22.3 Å². The lowest BCUT2D eigenvalue weighted by molar-refractivity contribution is -0.114. The van der Waals surface area contributed by atoms with Gasteiger partial charge in [-0.15, -0.1) is 0 Å². The fraction of sp³-hybridized carbons (Fsp3) is 0.364. The van der Waals surface area contributed by atoms with Crippen molar-refractivity contribution in [1.29, 1.82) is 0 Å². The van der Waals surface area contributed by atoms with Gasteiger partial charge in [0.05, 0.1) is 36.8 Å². The number of nitrogens with zero attached hydrogens (tertiary/aromatic N) is 3. The summed E-state index contributed by atoms with van der Waals surface area (Å²) in [6.45, 7) is 3.58. The number of unbranched alkanes of at least 4 members (excludes halogenated alkanes) is 2. The molecule has 1 aromatic carbocycles. The van der Waals surface area contributed by atoms with E-state index in [2.05, 4.69) is 22.2 Å². The van der Waals surface area contributed by atoms with Crippen LogP contribution in [0.2, 0.25) is 0 Å². The Morgan fingerprint density at radius 2 is 1.83 bits per heavy atom. The van der Waals surface area contributed by atoms with Crippen LogP contribution >= 0.6 is 0 Å². The van der Waals surface area contributed by atoms with Crippen LogP contribution in [0.15, 0.2) is 24.3 Å². The van der Waals surface area contributed by atoms with Crippen molar-refractivity contribution in [1.82, 2.24) is 15.0 Å². The van der Waals surface area contributed by atoms with Crippen molar-refractivity contribution in [3.8, 4) is 22.8 Å². The van der Waals surface area contributed by atoms with E-state index in [1.54, 1.807) is 20.3 Å². The Morgan fingerprint density at radius 1 is 1.07 bits per heavy atom. The molecule has 2 heterocycles. The first-order valence-electron chi connectivity index (χ1n) is 9.94. The monoisotopic (exact) mass is 409 g/mol. The smallest absolute Gasteiger partial charge is 0.230 e. The van der Waals surface area contributed by atoms with E-state index >= 15 is 0 Å². The van der Waals surface area contributed by atoms with Gasteiger partial charge in [0, 0.05) is 12.5 Å². The zero-order valence-corrected chi connectivity index (χ0v) is 17.8. The molecule has 0 saturated carbocycles. The number of amides is 1. The summed E-state index contributed by atoms with van der Waals surface area (Å²) in [5.41, 5.74) is 10.3. The lowest BCUT2D eigenvalue weighted by Gasteiger charge is -2.13. The summed E-state index contributed by atoms with van der Waals surface area (Å²) in [6.07, 6.45) is 3.89. The van der Waals surface area contributed by atoms with E-state index < -0.39 is 0 Å². The number of carbonyl (C=O) groups excluding carboxylic acids is 1. The molecule has 158 valence electrons. The fourth-order valence-corrected chi connectivity index (χ4v) is 3.28. The van der Waals surface area contributed by atoms with Crippen molar-refractivity contribution in [2.75, 3.05) is 25.3 Å². The maximum atomic E-state index is 11.5. The maximum Gasteiger partial charge on any atom is 0.230 e. The molecule has 30 heavy (non-hydrogen) atoms. The van der Waals surface area contributed by atoms with Crippen LogP contribution in [0.5, 0.6) is 11.5 Å². The molecule has 0 unspecified atom stereocenters. The average molecular weight is 409 g/mol. The van der Waals surface area contributed by atoms with E-state index in [0.717, 1.165) is 36.9 Å². The van der Waals surface area contributed by atoms with Gasteiger partial charge in [-0.25, -0.2) is 15.0 Å². The molecule has 0 atom stereocenters. The Labute approximate surface area is 175 Å². The Bertz CT molecular complexity index is 1070. The summed E-state index contributed by atoms with van der Waals surface area (Å²) in [5, 5.41) is 2.66. The van der Waals surface area contributed by atoms with Crippen LogP contribution in [-0.4, -0.2) is 35.1 Å². The normalized spacial score (nSPS) is 10.8. The van der Waals surface area contributed by atoms with Crippen LogP contribution in [0, 0.1) is 0 Å². The van der Waals surface area contributed by atoms with E-state index in [0.29, 0.717) is 33.9 Å². The molecule has 3 N–H and O–H groups in total. The van der Waals surface area contributed by atoms with Gasteiger partial charge in [-0.3, -0.25) is 10.1 Å². The predicted octanol–water partition coefficient (Wildman–Crippen LogP) is 3.98. The molecule has 8 heteroatoms. The number of nitrogens with one attached hydrogen (secondary N) is 1. The minimum absolute atomic E-state index is 0.225. The summed E-state index contributed by atoms with van der Waals surface area (Å²) in [5.74, 6) is 1.26. The standard InChI is InChI=1S/C22H27N5O3/c1-5-6-7-8-16-21-17(26-22(25-16)24-13(2)28)12-15(23)20(27-21)14-9-10-18(29-3)19(11-14)30-4/h9-12H,5-8,23H2,1-4H3,(H,24,25,26,28). The number of carbonyl (C=O) groups is 1. The number of nitrogen functional groups attached to an aromatic ring is 1. The van der Waals surface area contributed by atoms with Gasteiger partial charge in [0.25, 0.3) is 0 Å². The van der Waals surface area contributed by atoms with Gasteiger partial charge in [-0.1, -0.05) is 19.8 Å². The summed E-state index contributed by atoms with van der Waals surface area (Å²) in [6, 6.07) is 7.31. The number of hydrogen-bond donors (Lipinski definition) is 2. The molecule has 0 spiro atoms. The van der Waals surface area contributed by atoms with Crippen molar-refractivity contribution in [3.63, 3.8) is 0 Å². The second kappa shape index (κ2) is 9.39. The highest BCUT2D eigenvalue weighted by Crippen LogP contribution is 2.35. The van der Waals surface area contributed by atoms with Crippen molar-refractivity contribution in [2.45, 2.75) is 39.5 Å². The van der Waals surface area contributed by atoms with E-state index in [1.165, 1.54) is 6.92 Å². The molecule has 0 bridgehead atoms. The largest absolute Gasteiger partial charge is 0.493 e. The highest BCUT2D eigenvalue weighted by molar-refractivity contribution is 5.91. The Morgan fingerprint density at radius 3 is 2.50 bits per heavy atom. The Balaban J connectivity index is 2.14. The van der Waals surface area contributed by atoms with Gasteiger partial charge < -0.3 is 15.2 Å². The third-order valence-corrected chi connectivity index (χ3v) is 4.73. The van der Waals surface area contributed by atoms with E-state index in [9.17, 15) is 4.79 Å². The molecule has 3 aromatic rings. The quantitative estimate of drug-likeness (QED) is 0.541.